The zero-order valence-corrected chi connectivity index (χ0v) is 13.7. The fourth-order valence-electron chi connectivity index (χ4n) is 3.41. The lowest BCUT2D eigenvalue weighted by atomic mass is 9.82. The Bertz CT molecular complexity index is 640. The molecule has 4 atom stereocenters. The van der Waals surface area contributed by atoms with Crippen LogP contribution in [0.5, 0.6) is 0 Å². The number of hydrogen-bond donors (Lipinski definition) is 2. The van der Waals surface area contributed by atoms with Gasteiger partial charge in [-0.05, 0) is 65.5 Å². The average molecular weight is 397 g/mol. The molecule has 3 rings (SSSR count). The fourth-order valence-corrected chi connectivity index (χ4v) is 3.93. The van der Waals surface area contributed by atoms with E-state index in [-0.39, 0.29) is 17.7 Å². The first kappa shape index (κ1) is 14.6. The van der Waals surface area contributed by atoms with E-state index < -0.39 is 17.8 Å². The van der Waals surface area contributed by atoms with Gasteiger partial charge >= 0.3 is 5.97 Å². The molecule has 1 saturated carbocycles. The van der Waals surface area contributed by atoms with Crippen LogP contribution in [-0.2, 0) is 9.59 Å². The SMILES string of the molecule is Cc1ccc(NC(=O)[C@H]2C3C=CC(C3)[C@H]2C(=O)O)cc1I. The summed E-state index contributed by atoms with van der Waals surface area (Å²) in [6.07, 6.45) is 4.72. The number of carbonyl (C=O) groups excluding carboxylic acids is 1. The summed E-state index contributed by atoms with van der Waals surface area (Å²) in [6.45, 7) is 2.01. The van der Waals surface area contributed by atoms with Crippen molar-refractivity contribution in [1.29, 1.82) is 0 Å². The molecule has 0 aromatic heterocycles. The number of nitrogens with one attached hydrogen (secondary N) is 1. The topological polar surface area (TPSA) is 66.4 Å². The Morgan fingerprint density at radius 1 is 1.24 bits per heavy atom. The number of anilines is 1. The third-order valence-electron chi connectivity index (χ3n) is 4.49. The number of carboxylic acid groups (broad SMARTS) is 1. The van der Waals surface area contributed by atoms with E-state index in [1.165, 1.54) is 0 Å². The summed E-state index contributed by atoms with van der Waals surface area (Å²) in [5, 5.41) is 12.3. The van der Waals surface area contributed by atoms with Gasteiger partial charge in [-0.2, -0.15) is 0 Å². The summed E-state index contributed by atoms with van der Waals surface area (Å²) in [5.74, 6) is -2.05. The van der Waals surface area contributed by atoms with Crippen LogP contribution in [0.1, 0.15) is 12.0 Å². The highest BCUT2D eigenvalue weighted by Crippen LogP contribution is 2.48. The molecule has 2 bridgehead atoms. The number of aliphatic carboxylic acids is 1. The highest BCUT2D eigenvalue weighted by molar-refractivity contribution is 14.1. The molecule has 1 fully saturated rings. The lowest BCUT2D eigenvalue weighted by Gasteiger charge is -2.24. The molecule has 110 valence electrons. The predicted molar refractivity (Wildman–Crippen MR) is 87.9 cm³/mol. The van der Waals surface area contributed by atoms with Crippen molar-refractivity contribution in [2.75, 3.05) is 5.32 Å². The molecule has 1 aromatic rings. The Morgan fingerprint density at radius 2 is 1.90 bits per heavy atom. The molecule has 2 N–H and O–H groups in total. The number of carbonyl (C=O) groups is 2. The second-order valence-electron chi connectivity index (χ2n) is 5.79. The zero-order valence-electron chi connectivity index (χ0n) is 11.5. The summed E-state index contributed by atoms with van der Waals surface area (Å²) < 4.78 is 1.08. The molecule has 0 spiro atoms. The Labute approximate surface area is 136 Å². The number of fused-ring (bicyclic) bond motifs is 2. The van der Waals surface area contributed by atoms with Gasteiger partial charge in [0.05, 0.1) is 11.8 Å². The molecule has 0 radical (unpaired) electrons. The second-order valence-corrected chi connectivity index (χ2v) is 6.95. The summed E-state index contributed by atoms with van der Waals surface area (Å²) in [4.78, 5) is 23.9. The van der Waals surface area contributed by atoms with Gasteiger partial charge in [0.1, 0.15) is 0 Å². The number of amides is 1. The van der Waals surface area contributed by atoms with Crippen molar-refractivity contribution < 1.29 is 14.7 Å². The Morgan fingerprint density at radius 3 is 2.52 bits per heavy atom. The smallest absolute Gasteiger partial charge is 0.307 e. The van der Waals surface area contributed by atoms with Crippen molar-refractivity contribution in [3.8, 4) is 0 Å². The van der Waals surface area contributed by atoms with Gasteiger partial charge in [-0.25, -0.2) is 0 Å². The van der Waals surface area contributed by atoms with Gasteiger partial charge in [0.2, 0.25) is 5.91 Å². The van der Waals surface area contributed by atoms with Gasteiger partial charge in [-0.1, -0.05) is 18.2 Å². The van der Waals surface area contributed by atoms with Crippen molar-refractivity contribution in [2.24, 2.45) is 23.7 Å². The standard InChI is InChI=1S/C16H16INO3/c1-8-2-5-11(7-12(8)17)18-15(19)13-9-3-4-10(6-9)14(13)16(20)21/h2-5,7,9-10,13-14H,6H2,1H3,(H,18,19)(H,20,21)/t9?,10?,13-,14+/m0/s1. The van der Waals surface area contributed by atoms with E-state index in [9.17, 15) is 14.7 Å². The predicted octanol–water partition coefficient (Wildman–Crippen LogP) is 3.06. The fraction of sp³-hybridized carbons (Fsp3) is 0.375. The minimum atomic E-state index is -0.870. The van der Waals surface area contributed by atoms with E-state index >= 15 is 0 Å². The Balaban J connectivity index is 1.80. The number of allylic oxidation sites excluding steroid dienone is 2. The van der Waals surface area contributed by atoms with Crippen LogP contribution in [0.2, 0.25) is 0 Å². The Kier molecular flexibility index (Phi) is 3.77. The van der Waals surface area contributed by atoms with Crippen LogP contribution in [0.3, 0.4) is 0 Å². The molecule has 21 heavy (non-hydrogen) atoms. The van der Waals surface area contributed by atoms with E-state index in [2.05, 4.69) is 27.9 Å². The van der Waals surface area contributed by atoms with Gasteiger partial charge in [0.15, 0.2) is 0 Å². The first-order valence-electron chi connectivity index (χ1n) is 6.95. The maximum Gasteiger partial charge on any atom is 0.307 e. The molecule has 1 aromatic carbocycles. The van der Waals surface area contributed by atoms with Crippen LogP contribution in [0.15, 0.2) is 30.4 Å². The molecule has 5 heteroatoms. The molecule has 2 aliphatic carbocycles. The van der Waals surface area contributed by atoms with Crippen molar-refractivity contribution >= 4 is 40.2 Å². The molecule has 2 unspecified atom stereocenters. The minimum Gasteiger partial charge on any atom is -0.481 e. The first-order valence-corrected chi connectivity index (χ1v) is 8.03. The molecular weight excluding hydrogens is 381 g/mol. The van der Waals surface area contributed by atoms with E-state index in [0.717, 1.165) is 21.2 Å². The van der Waals surface area contributed by atoms with Crippen LogP contribution in [0.25, 0.3) is 0 Å². The quantitative estimate of drug-likeness (QED) is 0.609. The highest BCUT2D eigenvalue weighted by atomic mass is 127. The highest BCUT2D eigenvalue weighted by Gasteiger charge is 2.51. The minimum absolute atomic E-state index is 0.00130. The molecule has 2 aliphatic rings. The normalized spacial score (nSPS) is 29.6. The van der Waals surface area contributed by atoms with Gasteiger partial charge < -0.3 is 10.4 Å². The van der Waals surface area contributed by atoms with Crippen LogP contribution in [-0.4, -0.2) is 17.0 Å². The first-order chi connectivity index (χ1) is 9.97. The average Bonchev–Trinajstić information content (AvgIpc) is 3.03. The summed E-state index contributed by atoms with van der Waals surface area (Å²) >= 11 is 2.22. The van der Waals surface area contributed by atoms with Gasteiger partial charge in [0.25, 0.3) is 0 Å². The van der Waals surface area contributed by atoms with Crippen LogP contribution in [0, 0.1) is 34.2 Å². The third-order valence-corrected chi connectivity index (χ3v) is 5.65. The molecular formula is C16H16INO3. The van der Waals surface area contributed by atoms with Crippen molar-refractivity contribution in [2.45, 2.75) is 13.3 Å². The maximum absolute atomic E-state index is 12.5. The van der Waals surface area contributed by atoms with Crippen molar-refractivity contribution in [3.05, 3.63) is 39.5 Å². The van der Waals surface area contributed by atoms with E-state index in [1.54, 1.807) is 0 Å². The largest absolute Gasteiger partial charge is 0.481 e. The van der Waals surface area contributed by atoms with E-state index in [0.29, 0.717) is 0 Å². The second kappa shape index (κ2) is 5.44. The maximum atomic E-state index is 12.5. The lowest BCUT2D eigenvalue weighted by Crippen LogP contribution is -2.36. The molecule has 4 nitrogen and oxygen atoms in total. The Hall–Kier alpha value is -1.37. The van der Waals surface area contributed by atoms with Gasteiger partial charge in [-0.15, -0.1) is 0 Å². The monoisotopic (exact) mass is 397 g/mol. The van der Waals surface area contributed by atoms with E-state index in [1.807, 2.05) is 37.3 Å². The van der Waals surface area contributed by atoms with Crippen molar-refractivity contribution in [3.63, 3.8) is 0 Å². The number of hydrogen-bond acceptors (Lipinski definition) is 2. The molecule has 1 amide bonds. The van der Waals surface area contributed by atoms with Crippen LogP contribution in [0.4, 0.5) is 5.69 Å². The summed E-state index contributed by atoms with van der Waals surface area (Å²) in [5.41, 5.74) is 1.88. The number of rotatable bonds is 3. The summed E-state index contributed by atoms with van der Waals surface area (Å²) in [7, 11) is 0. The zero-order chi connectivity index (χ0) is 15.1. The lowest BCUT2D eigenvalue weighted by molar-refractivity contribution is -0.146. The molecule has 0 saturated heterocycles. The molecule has 0 aliphatic heterocycles. The van der Waals surface area contributed by atoms with Crippen molar-refractivity contribution in [1.82, 2.24) is 0 Å². The number of carboxylic acids is 1. The van der Waals surface area contributed by atoms with Crippen LogP contribution < -0.4 is 5.32 Å². The molecule has 0 heterocycles. The van der Waals surface area contributed by atoms with Gasteiger partial charge in [-0.3, -0.25) is 9.59 Å². The third kappa shape index (κ3) is 2.59. The van der Waals surface area contributed by atoms with Crippen LogP contribution >= 0.6 is 22.6 Å². The van der Waals surface area contributed by atoms with E-state index in [4.69, 9.17) is 0 Å². The number of aryl methyl sites for hydroxylation is 1. The number of halogens is 1. The summed E-state index contributed by atoms with van der Waals surface area (Å²) in [6, 6.07) is 5.72. The van der Waals surface area contributed by atoms with Gasteiger partial charge in [0, 0.05) is 9.26 Å². The number of benzene rings is 1.